The number of anilines is 1. The van der Waals surface area contributed by atoms with Gasteiger partial charge in [0.25, 0.3) is 0 Å². The van der Waals surface area contributed by atoms with Gasteiger partial charge < -0.3 is 15.7 Å². The molecule has 34 heavy (non-hydrogen) atoms. The SMILES string of the molecule is CCc1c(C#N)c(SC(C(N)=O)c2ccccc2)nc(N(C)CCN2CCCC2CO)c1C#N. The maximum Gasteiger partial charge on any atom is 0.235 e. The molecule has 0 aliphatic carbocycles. The monoisotopic (exact) mass is 478 g/mol. The summed E-state index contributed by atoms with van der Waals surface area (Å²) < 4.78 is 0. The van der Waals surface area contributed by atoms with Crippen LogP contribution >= 0.6 is 11.8 Å². The number of aliphatic hydroxyl groups excluding tert-OH is 1. The Balaban J connectivity index is 1.98. The van der Waals surface area contributed by atoms with Crippen LogP contribution in [0.1, 0.15) is 47.3 Å². The molecule has 2 aromatic rings. The minimum atomic E-state index is -0.716. The van der Waals surface area contributed by atoms with Crippen LogP contribution in [0.15, 0.2) is 35.4 Å². The number of hydrogen-bond acceptors (Lipinski definition) is 8. The Morgan fingerprint density at radius 3 is 2.62 bits per heavy atom. The van der Waals surface area contributed by atoms with Crippen molar-refractivity contribution in [2.75, 3.05) is 38.2 Å². The average molecular weight is 479 g/mol. The van der Waals surface area contributed by atoms with Gasteiger partial charge in [-0.1, -0.05) is 49.0 Å². The fourth-order valence-corrected chi connectivity index (χ4v) is 5.41. The van der Waals surface area contributed by atoms with E-state index in [-0.39, 0.29) is 12.6 Å². The standard InChI is InChI=1S/C25H30N6O2S/c1-3-19-20(14-26)24(30(2)12-13-31-11-7-10-18(31)16-32)29-25(21(19)15-27)34-22(23(28)33)17-8-5-4-6-9-17/h4-6,8-9,18,22,32H,3,7,10-13,16H2,1-2H3,(H2,28,33). The first-order valence-electron chi connectivity index (χ1n) is 11.4. The van der Waals surface area contributed by atoms with Crippen LogP contribution in [-0.4, -0.2) is 60.2 Å². The number of primary amides is 1. The molecule has 1 aliphatic rings. The molecule has 0 saturated carbocycles. The highest BCUT2D eigenvalue weighted by Gasteiger charge is 2.28. The molecular formula is C25H30N6O2S. The van der Waals surface area contributed by atoms with Crippen LogP contribution in [0, 0.1) is 22.7 Å². The minimum absolute atomic E-state index is 0.136. The molecule has 1 saturated heterocycles. The summed E-state index contributed by atoms with van der Waals surface area (Å²) in [6, 6.07) is 13.8. The number of nitriles is 2. The molecule has 178 valence electrons. The van der Waals surface area contributed by atoms with Crippen molar-refractivity contribution in [2.24, 2.45) is 5.73 Å². The number of aromatic nitrogens is 1. The van der Waals surface area contributed by atoms with E-state index in [0.29, 0.717) is 40.5 Å². The van der Waals surface area contributed by atoms with Crippen LogP contribution in [0.2, 0.25) is 0 Å². The normalized spacial score (nSPS) is 16.6. The molecule has 9 heteroatoms. The van der Waals surface area contributed by atoms with Gasteiger partial charge in [-0.15, -0.1) is 0 Å². The summed E-state index contributed by atoms with van der Waals surface area (Å²) in [4.78, 5) is 21.2. The lowest BCUT2D eigenvalue weighted by molar-refractivity contribution is -0.117. The van der Waals surface area contributed by atoms with E-state index in [1.807, 2.05) is 49.2 Å². The van der Waals surface area contributed by atoms with E-state index in [2.05, 4.69) is 17.0 Å². The Hall–Kier alpha value is -3.11. The number of pyridine rings is 1. The molecular weight excluding hydrogens is 448 g/mol. The third-order valence-corrected chi connectivity index (χ3v) is 7.47. The fraction of sp³-hybridized carbons (Fsp3) is 0.440. The van der Waals surface area contributed by atoms with Crippen LogP contribution in [-0.2, 0) is 11.2 Å². The number of amides is 1. The number of aliphatic hydroxyl groups is 1. The number of carbonyl (C=O) groups excluding carboxylic acids is 1. The van der Waals surface area contributed by atoms with Crippen LogP contribution in [0.5, 0.6) is 0 Å². The molecule has 0 bridgehead atoms. The van der Waals surface area contributed by atoms with Gasteiger partial charge in [0.15, 0.2) is 0 Å². The topological polar surface area (TPSA) is 130 Å². The Labute approximate surface area is 205 Å². The van der Waals surface area contributed by atoms with Gasteiger partial charge in [0.05, 0.1) is 17.7 Å². The summed E-state index contributed by atoms with van der Waals surface area (Å²) >= 11 is 1.14. The number of carbonyl (C=O) groups is 1. The highest BCUT2D eigenvalue weighted by atomic mass is 32.2. The summed E-state index contributed by atoms with van der Waals surface area (Å²) in [5, 5.41) is 29.2. The number of benzene rings is 1. The molecule has 1 aromatic heterocycles. The minimum Gasteiger partial charge on any atom is -0.395 e. The number of rotatable bonds is 10. The van der Waals surface area contributed by atoms with Gasteiger partial charge in [0, 0.05) is 26.2 Å². The van der Waals surface area contributed by atoms with Crippen LogP contribution in [0.4, 0.5) is 5.82 Å². The van der Waals surface area contributed by atoms with E-state index in [4.69, 9.17) is 10.7 Å². The lowest BCUT2D eigenvalue weighted by Crippen LogP contribution is -2.38. The third kappa shape index (κ3) is 5.51. The summed E-state index contributed by atoms with van der Waals surface area (Å²) in [7, 11) is 1.87. The fourth-order valence-electron chi connectivity index (χ4n) is 4.36. The largest absolute Gasteiger partial charge is 0.395 e. The van der Waals surface area contributed by atoms with Gasteiger partial charge >= 0.3 is 0 Å². The number of nitrogens with zero attached hydrogens (tertiary/aromatic N) is 5. The molecule has 2 heterocycles. The highest BCUT2D eigenvalue weighted by Crippen LogP contribution is 2.39. The zero-order valence-corrected chi connectivity index (χ0v) is 20.4. The maximum atomic E-state index is 12.3. The first-order chi connectivity index (χ1) is 16.4. The molecule has 3 N–H and O–H groups in total. The molecule has 0 spiro atoms. The number of nitrogens with two attached hydrogens (primary N) is 1. The zero-order valence-electron chi connectivity index (χ0n) is 19.6. The van der Waals surface area contributed by atoms with Crippen molar-refractivity contribution in [2.45, 2.75) is 42.5 Å². The summed E-state index contributed by atoms with van der Waals surface area (Å²) in [5.41, 5.74) is 7.75. The quantitative estimate of drug-likeness (QED) is 0.498. The van der Waals surface area contributed by atoms with E-state index in [0.717, 1.165) is 43.3 Å². The first kappa shape index (κ1) is 25.5. The van der Waals surface area contributed by atoms with Crippen LogP contribution in [0.25, 0.3) is 0 Å². The molecule has 2 atom stereocenters. The van der Waals surface area contributed by atoms with Crippen molar-refractivity contribution in [3.05, 3.63) is 52.6 Å². The van der Waals surface area contributed by atoms with Crippen molar-refractivity contribution >= 4 is 23.5 Å². The van der Waals surface area contributed by atoms with Crippen LogP contribution in [0.3, 0.4) is 0 Å². The lowest BCUT2D eigenvalue weighted by Gasteiger charge is -2.28. The molecule has 1 aromatic carbocycles. The Kier molecular flexibility index (Phi) is 8.89. The summed E-state index contributed by atoms with van der Waals surface area (Å²) in [6.07, 6.45) is 2.52. The van der Waals surface area contributed by atoms with E-state index >= 15 is 0 Å². The molecule has 0 radical (unpaired) electrons. The molecule has 1 amide bonds. The Bertz CT molecular complexity index is 1100. The van der Waals surface area contributed by atoms with Gasteiger partial charge in [-0.05, 0) is 36.9 Å². The van der Waals surface area contributed by atoms with Crippen molar-refractivity contribution in [3.8, 4) is 12.1 Å². The summed E-state index contributed by atoms with van der Waals surface area (Å²) in [5.74, 6) is -0.0415. The molecule has 3 rings (SSSR count). The number of likely N-dealkylation sites (tertiary alicyclic amines) is 1. The molecule has 8 nitrogen and oxygen atoms in total. The second kappa shape index (κ2) is 11.8. The van der Waals surface area contributed by atoms with Crippen molar-refractivity contribution in [1.82, 2.24) is 9.88 Å². The predicted molar refractivity (Wildman–Crippen MR) is 132 cm³/mol. The van der Waals surface area contributed by atoms with Gasteiger partial charge in [-0.2, -0.15) is 10.5 Å². The van der Waals surface area contributed by atoms with Crippen LogP contribution < -0.4 is 10.6 Å². The van der Waals surface area contributed by atoms with E-state index in [9.17, 15) is 20.4 Å². The van der Waals surface area contributed by atoms with Crippen molar-refractivity contribution in [1.29, 1.82) is 10.5 Å². The zero-order chi connectivity index (χ0) is 24.7. The van der Waals surface area contributed by atoms with E-state index in [1.165, 1.54) is 0 Å². The van der Waals surface area contributed by atoms with Crippen molar-refractivity contribution < 1.29 is 9.90 Å². The predicted octanol–water partition coefficient (Wildman–Crippen LogP) is 2.60. The van der Waals surface area contributed by atoms with Gasteiger partial charge in [-0.3, -0.25) is 9.69 Å². The Morgan fingerprint density at radius 2 is 2.03 bits per heavy atom. The van der Waals surface area contributed by atoms with E-state index in [1.54, 1.807) is 0 Å². The van der Waals surface area contributed by atoms with Gasteiger partial charge in [0.2, 0.25) is 5.91 Å². The third-order valence-electron chi connectivity index (χ3n) is 6.21. The lowest BCUT2D eigenvalue weighted by atomic mass is 10.0. The highest BCUT2D eigenvalue weighted by molar-refractivity contribution is 8.00. The first-order valence-corrected chi connectivity index (χ1v) is 12.3. The summed E-state index contributed by atoms with van der Waals surface area (Å²) in [6.45, 7) is 4.30. The molecule has 2 unspecified atom stereocenters. The van der Waals surface area contributed by atoms with Gasteiger partial charge in [0.1, 0.15) is 28.2 Å². The second-order valence-electron chi connectivity index (χ2n) is 8.29. The number of likely N-dealkylation sites (N-methyl/N-ethyl adjacent to an activating group) is 1. The maximum absolute atomic E-state index is 12.3. The van der Waals surface area contributed by atoms with Crippen molar-refractivity contribution in [3.63, 3.8) is 0 Å². The average Bonchev–Trinajstić information content (AvgIpc) is 3.32. The van der Waals surface area contributed by atoms with E-state index < -0.39 is 11.2 Å². The Morgan fingerprint density at radius 1 is 1.32 bits per heavy atom. The molecule has 1 aliphatic heterocycles. The molecule has 1 fully saturated rings. The van der Waals surface area contributed by atoms with Gasteiger partial charge in [-0.25, -0.2) is 4.98 Å². The number of hydrogen-bond donors (Lipinski definition) is 2. The second-order valence-corrected chi connectivity index (χ2v) is 9.39. The smallest absolute Gasteiger partial charge is 0.235 e. The number of thioether (sulfide) groups is 1.